The maximum absolute atomic E-state index is 9.17. The molecule has 0 saturated carbocycles. The van der Waals surface area contributed by atoms with Crippen LogP contribution in [0, 0.1) is 0 Å². The molecule has 0 aromatic carbocycles. The van der Waals surface area contributed by atoms with Crippen LogP contribution in [0.2, 0.25) is 0 Å². The van der Waals surface area contributed by atoms with E-state index in [1.54, 1.807) is 0 Å². The number of halogens is 1. The van der Waals surface area contributed by atoms with Crippen molar-refractivity contribution in [2.75, 3.05) is 6.61 Å². The van der Waals surface area contributed by atoms with Gasteiger partial charge in [-0.25, -0.2) is 0 Å². The SMILES string of the molecule is OCC1O[C@@H](Cl)C(O)[C@@H](O)[C@H]1O. The van der Waals surface area contributed by atoms with Crippen molar-refractivity contribution < 1.29 is 25.2 Å². The molecule has 12 heavy (non-hydrogen) atoms. The Hall–Kier alpha value is 0.0900. The molecule has 5 nitrogen and oxygen atoms in total. The van der Waals surface area contributed by atoms with E-state index in [9.17, 15) is 5.11 Å². The van der Waals surface area contributed by atoms with Crippen LogP contribution in [0.3, 0.4) is 0 Å². The zero-order valence-corrected chi connectivity index (χ0v) is 6.92. The second-order valence-electron chi connectivity index (χ2n) is 2.68. The molecule has 6 heteroatoms. The Labute approximate surface area is 74.2 Å². The van der Waals surface area contributed by atoms with Gasteiger partial charge in [-0.05, 0) is 0 Å². The molecular formula is C6H11ClO5. The van der Waals surface area contributed by atoms with Gasteiger partial charge in [0, 0.05) is 0 Å². The summed E-state index contributed by atoms with van der Waals surface area (Å²) in [7, 11) is 0. The first kappa shape index (κ1) is 10.2. The number of alkyl halides is 1. The van der Waals surface area contributed by atoms with Gasteiger partial charge in [0.05, 0.1) is 6.61 Å². The molecule has 1 saturated heterocycles. The topological polar surface area (TPSA) is 90.2 Å². The highest BCUT2D eigenvalue weighted by molar-refractivity contribution is 6.20. The number of ether oxygens (including phenoxy) is 1. The molecule has 0 bridgehead atoms. The fourth-order valence-electron chi connectivity index (χ4n) is 1.06. The predicted molar refractivity (Wildman–Crippen MR) is 39.6 cm³/mol. The van der Waals surface area contributed by atoms with Crippen LogP contribution in [0.1, 0.15) is 0 Å². The highest BCUT2D eigenvalue weighted by atomic mass is 35.5. The molecule has 0 spiro atoms. The van der Waals surface area contributed by atoms with Gasteiger partial charge in [-0.2, -0.15) is 0 Å². The summed E-state index contributed by atoms with van der Waals surface area (Å²) in [6.45, 7) is -0.450. The van der Waals surface area contributed by atoms with Crippen molar-refractivity contribution >= 4 is 11.6 Å². The summed E-state index contributed by atoms with van der Waals surface area (Å²) >= 11 is 5.45. The molecule has 4 N–H and O–H groups in total. The van der Waals surface area contributed by atoms with E-state index < -0.39 is 36.6 Å². The van der Waals surface area contributed by atoms with Crippen molar-refractivity contribution in [1.82, 2.24) is 0 Å². The van der Waals surface area contributed by atoms with Gasteiger partial charge >= 0.3 is 0 Å². The molecule has 1 aliphatic rings. The Kier molecular flexibility index (Phi) is 3.28. The first-order valence-electron chi connectivity index (χ1n) is 3.52. The summed E-state index contributed by atoms with van der Waals surface area (Å²) in [5.74, 6) is 0. The molecular weight excluding hydrogens is 188 g/mol. The fraction of sp³-hybridized carbons (Fsp3) is 1.00. The number of aliphatic hydroxyl groups excluding tert-OH is 4. The zero-order valence-electron chi connectivity index (χ0n) is 6.17. The highest BCUT2D eigenvalue weighted by Gasteiger charge is 2.42. The number of rotatable bonds is 1. The highest BCUT2D eigenvalue weighted by Crippen LogP contribution is 2.22. The van der Waals surface area contributed by atoms with Crippen LogP contribution >= 0.6 is 11.6 Å². The average Bonchev–Trinajstić information content (AvgIpc) is 2.08. The minimum absolute atomic E-state index is 0.450. The van der Waals surface area contributed by atoms with Crippen LogP contribution in [0.4, 0.5) is 0 Å². The van der Waals surface area contributed by atoms with E-state index >= 15 is 0 Å². The van der Waals surface area contributed by atoms with E-state index in [0.717, 1.165) is 0 Å². The quantitative estimate of drug-likeness (QED) is 0.367. The van der Waals surface area contributed by atoms with Crippen LogP contribution in [0.25, 0.3) is 0 Å². The van der Waals surface area contributed by atoms with E-state index in [1.807, 2.05) is 0 Å². The van der Waals surface area contributed by atoms with Gasteiger partial charge < -0.3 is 25.2 Å². The maximum atomic E-state index is 9.17. The largest absolute Gasteiger partial charge is 0.394 e. The first-order valence-corrected chi connectivity index (χ1v) is 3.96. The fourth-order valence-corrected chi connectivity index (χ4v) is 1.34. The average molecular weight is 199 g/mol. The van der Waals surface area contributed by atoms with Gasteiger partial charge in [-0.15, -0.1) is 0 Å². The third-order valence-corrected chi connectivity index (χ3v) is 2.20. The molecule has 0 aliphatic carbocycles. The third kappa shape index (κ3) is 1.71. The Morgan fingerprint density at radius 1 is 1.08 bits per heavy atom. The van der Waals surface area contributed by atoms with Crippen LogP contribution in [0.15, 0.2) is 0 Å². The summed E-state index contributed by atoms with van der Waals surface area (Å²) in [6.07, 6.45) is -4.95. The number of aliphatic hydroxyl groups is 4. The molecule has 1 aliphatic heterocycles. The lowest BCUT2D eigenvalue weighted by atomic mass is 10.0. The van der Waals surface area contributed by atoms with E-state index in [4.69, 9.17) is 31.7 Å². The minimum atomic E-state index is -1.38. The van der Waals surface area contributed by atoms with Crippen molar-refractivity contribution in [3.63, 3.8) is 0 Å². The van der Waals surface area contributed by atoms with Gasteiger partial charge in [0.2, 0.25) is 0 Å². The van der Waals surface area contributed by atoms with E-state index in [-0.39, 0.29) is 0 Å². The molecule has 5 atom stereocenters. The van der Waals surface area contributed by atoms with Gasteiger partial charge in [0.25, 0.3) is 0 Å². The lowest BCUT2D eigenvalue weighted by Crippen LogP contribution is -2.56. The first-order chi connectivity index (χ1) is 5.57. The lowest BCUT2D eigenvalue weighted by Gasteiger charge is -2.37. The molecule has 1 rings (SSSR count). The van der Waals surface area contributed by atoms with Crippen molar-refractivity contribution in [3.8, 4) is 0 Å². The van der Waals surface area contributed by atoms with Gasteiger partial charge in [-0.3, -0.25) is 0 Å². The van der Waals surface area contributed by atoms with E-state index in [0.29, 0.717) is 0 Å². The van der Waals surface area contributed by atoms with Gasteiger partial charge in [-0.1, -0.05) is 11.6 Å². The number of hydrogen-bond acceptors (Lipinski definition) is 5. The van der Waals surface area contributed by atoms with Crippen LogP contribution in [-0.4, -0.2) is 57.0 Å². The summed E-state index contributed by atoms with van der Waals surface area (Å²) in [5.41, 5.74) is -1.10. The zero-order chi connectivity index (χ0) is 9.30. The predicted octanol–water partition coefficient (Wildman–Crippen LogP) is -1.97. The Morgan fingerprint density at radius 3 is 2.17 bits per heavy atom. The summed E-state index contributed by atoms with van der Waals surface area (Å²) < 4.78 is 4.79. The monoisotopic (exact) mass is 198 g/mol. The Morgan fingerprint density at radius 2 is 1.67 bits per heavy atom. The molecule has 72 valence electrons. The molecule has 2 unspecified atom stereocenters. The second kappa shape index (κ2) is 3.87. The van der Waals surface area contributed by atoms with Crippen molar-refractivity contribution in [1.29, 1.82) is 0 Å². The normalized spacial score (nSPS) is 49.2. The minimum Gasteiger partial charge on any atom is -0.394 e. The second-order valence-corrected chi connectivity index (χ2v) is 3.11. The van der Waals surface area contributed by atoms with Crippen LogP contribution in [-0.2, 0) is 4.74 Å². The summed E-state index contributed by atoms with van der Waals surface area (Å²) in [5, 5.41) is 36.0. The summed E-state index contributed by atoms with van der Waals surface area (Å²) in [4.78, 5) is 0. The Bertz CT molecular complexity index is 150. The Balaban J connectivity index is 2.63. The van der Waals surface area contributed by atoms with Crippen molar-refractivity contribution in [2.24, 2.45) is 0 Å². The van der Waals surface area contributed by atoms with E-state index in [2.05, 4.69) is 0 Å². The van der Waals surface area contributed by atoms with E-state index in [1.165, 1.54) is 0 Å². The van der Waals surface area contributed by atoms with Crippen molar-refractivity contribution in [2.45, 2.75) is 30.0 Å². The van der Waals surface area contributed by atoms with Gasteiger partial charge in [0.1, 0.15) is 24.4 Å². The molecule has 0 aromatic heterocycles. The molecule has 1 fully saturated rings. The molecule has 0 aromatic rings. The standard InChI is InChI=1S/C6H11ClO5/c7-6-5(11)4(10)3(9)2(1-8)12-6/h2-6,8-11H,1H2/t2?,3-,4-,5?,6+/m0/s1. The maximum Gasteiger partial charge on any atom is 0.160 e. The molecule has 0 radical (unpaired) electrons. The van der Waals surface area contributed by atoms with Crippen molar-refractivity contribution in [3.05, 3.63) is 0 Å². The van der Waals surface area contributed by atoms with Gasteiger partial charge in [0.15, 0.2) is 5.56 Å². The summed E-state index contributed by atoms with van der Waals surface area (Å²) in [6, 6.07) is 0. The number of hydrogen-bond donors (Lipinski definition) is 4. The van der Waals surface area contributed by atoms with Crippen LogP contribution in [0.5, 0.6) is 0 Å². The smallest absolute Gasteiger partial charge is 0.160 e. The van der Waals surface area contributed by atoms with Crippen LogP contribution < -0.4 is 0 Å². The lowest BCUT2D eigenvalue weighted by molar-refractivity contribution is -0.207. The molecule has 1 heterocycles. The molecule has 0 amide bonds. The third-order valence-electron chi connectivity index (χ3n) is 1.83.